The molecule has 3 aromatic rings. The number of aromatic amines is 1. The molecule has 0 saturated heterocycles. The molecule has 0 unspecified atom stereocenters. The first kappa shape index (κ1) is 13.0. The lowest BCUT2D eigenvalue weighted by Crippen LogP contribution is -2.03. The Labute approximate surface area is 128 Å². The molecule has 0 spiro atoms. The molecule has 0 atom stereocenters. The number of imidazole rings is 1. The molecule has 1 aliphatic rings. The van der Waals surface area contributed by atoms with Gasteiger partial charge in [0, 0.05) is 24.2 Å². The molecular formula is C17H17N3O2. The first-order valence-electron chi connectivity index (χ1n) is 7.45. The van der Waals surface area contributed by atoms with E-state index in [9.17, 15) is 0 Å². The zero-order chi connectivity index (χ0) is 14.8. The van der Waals surface area contributed by atoms with Gasteiger partial charge >= 0.3 is 0 Å². The van der Waals surface area contributed by atoms with Crippen molar-refractivity contribution in [3.63, 3.8) is 0 Å². The Kier molecular flexibility index (Phi) is 3.31. The van der Waals surface area contributed by atoms with Crippen LogP contribution in [0.5, 0.6) is 11.5 Å². The van der Waals surface area contributed by atoms with Crippen LogP contribution in [-0.2, 0) is 6.54 Å². The lowest BCUT2D eigenvalue weighted by Gasteiger charge is -2.13. The zero-order valence-electron chi connectivity index (χ0n) is 12.1. The molecule has 2 N–H and O–H groups in total. The number of H-pyrrole nitrogens is 1. The Morgan fingerprint density at radius 1 is 1.14 bits per heavy atom. The highest BCUT2D eigenvalue weighted by atomic mass is 16.5. The summed E-state index contributed by atoms with van der Waals surface area (Å²) in [6.07, 6.45) is 2.62. The van der Waals surface area contributed by atoms with E-state index in [-0.39, 0.29) is 0 Å². The van der Waals surface area contributed by atoms with Gasteiger partial charge in [-0.25, -0.2) is 4.98 Å². The largest absolute Gasteiger partial charge is 0.490 e. The SMILES string of the molecule is c1cc(CNc2ccc3[nH]cnc3c2)c2c(c1)OCCCO2. The number of para-hydroxylation sites is 1. The van der Waals surface area contributed by atoms with E-state index in [2.05, 4.69) is 21.4 Å². The summed E-state index contributed by atoms with van der Waals surface area (Å²) in [5, 5.41) is 3.42. The summed E-state index contributed by atoms with van der Waals surface area (Å²) in [7, 11) is 0. The third-order valence-corrected chi connectivity index (χ3v) is 3.76. The molecule has 5 heteroatoms. The molecule has 0 saturated carbocycles. The van der Waals surface area contributed by atoms with Gasteiger partial charge in [0.15, 0.2) is 11.5 Å². The first-order valence-corrected chi connectivity index (χ1v) is 7.45. The van der Waals surface area contributed by atoms with E-state index in [0.29, 0.717) is 19.8 Å². The predicted molar refractivity (Wildman–Crippen MR) is 85.5 cm³/mol. The van der Waals surface area contributed by atoms with Crippen molar-refractivity contribution in [2.75, 3.05) is 18.5 Å². The Morgan fingerprint density at radius 3 is 3.09 bits per heavy atom. The predicted octanol–water partition coefficient (Wildman–Crippen LogP) is 3.34. The molecule has 1 aromatic heterocycles. The van der Waals surface area contributed by atoms with E-state index in [1.807, 2.05) is 30.3 Å². The standard InChI is InChI=1S/C17H17N3O2/c1-3-12(17-16(4-1)21-7-2-8-22-17)10-18-13-5-6-14-15(9-13)20-11-19-14/h1,3-6,9,11,18H,2,7-8,10H2,(H,19,20). The van der Waals surface area contributed by atoms with Crippen molar-refractivity contribution in [3.8, 4) is 11.5 Å². The van der Waals surface area contributed by atoms with E-state index in [1.54, 1.807) is 6.33 Å². The third-order valence-electron chi connectivity index (χ3n) is 3.76. The lowest BCUT2D eigenvalue weighted by atomic mass is 10.1. The number of anilines is 1. The molecule has 22 heavy (non-hydrogen) atoms. The number of aromatic nitrogens is 2. The van der Waals surface area contributed by atoms with E-state index < -0.39 is 0 Å². The highest BCUT2D eigenvalue weighted by molar-refractivity contribution is 5.78. The fraction of sp³-hybridized carbons (Fsp3) is 0.235. The molecule has 2 aromatic carbocycles. The molecule has 0 fully saturated rings. The van der Waals surface area contributed by atoms with Crippen LogP contribution in [0.3, 0.4) is 0 Å². The van der Waals surface area contributed by atoms with Gasteiger partial charge in [0.25, 0.3) is 0 Å². The highest BCUT2D eigenvalue weighted by Crippen LogP contribution is 2.33. The summed E-state index contributed by atoms with van der Waals surface area (Å²) >= 11 is 0. The number of rotatable bonds is 3. The highest BCUT2D eigenvalue weighted by Gasteiger charge is 2.14. The molecule has 2 heterocycles. The Morgan fingerprint density at radius 2 is 2.09 bits per heavy atom. The van der Waals surface area contributed by atoms with Crippen LogP contribution in [0.2, 0.25) is 0 Å². The van der Waals surface area contributed by atoms with Crippen LogP contribution in [0.4, 0.5) is 5.69 Å². The van der Waals surface area contributed by atoms with E-state index >= 15 is 0 Å². The van der Waals surface area contributed by atoms with E-state index in [0.717, 1.165) is 40.2 Å². The Hall–Kier alpha value is -2.69. The summed E-state index contributed by atoms with van der Waals surface area (Å²) < 4.78 is 11.6. The maximum Gasteiger partial charge on any atom is 0.166 e. The van der Waals surface area contributed by atoms with Crippen LogP contribution < -0.4 is 14.8 Å². The summed E-state index contributed by atoms with van der Waals surface area (Å²) in [6.45, 7) is 2.09. The molecule has 1 aliphatic heterocycles. The van der Waals surface area contributed by atoms with Crippen molar-refractivity contribution in [1.82, 2.24) is 9.97 Å². The van der Waals surface area contributed by atoms with Crippen LogP contribution in [0.1, 0.15) is 12.0 Å². The van der Waals surface area contributed by atoms with Crippen molar-refractivity contribution in [2.45, 2.75) is 13.0 Å². The van der Waals surface area contributed by atoms with E-state index in [1.165, 1.54) is 0 Å². The minimum atomic E-state index is 0.683. The number of hydrogen-bond acceptors (Lipinski definition) is 4. The van der Waals surface area contributed by atoms with Crippen LogP contribution in [0, 0.1) is 0 Å². The minimum Gasteiger partial charge on any atom is -0.490 e. The Bertz CT molecular complexity index is 797. The molecule has 112 valence electrons. The van der Waals surface area contributed by atoms with Gasteiger partial charge in [-0.15, -0.1) is 0 Å². The topological polar surface area (TPSA) is 59.2 Å². The fourth-order valence-electron chi connectivity index (χ4n) is 2.63. The molecule has 0 radical (unpaired) electrons. The smallest absolute Gasteiger partial charge is 0.166 e. The fourth-order valence-corrected chi connectivity index (χ4v) is 2.63. The van der Waals surface area contributed by atoms with Crippen molar-refractivity contribution in [2.24, 2.45) is 0 Å². The molecule has 5 nitrogen and oxygen atoms in total. The maximum atomic E-state index is 5.84. The summed E-state index contributed by atoms with van der Waals surface area (Å²) in [4.78, 5) is 7.37. The molecule has 4 rings (SSSR count). The normalized spacial score (nSPS) is 13.8. The van der Waals surface area contributed by atoms with Crippen LogP contribution in [0.25, 0.3) is 11.0 Å². The number of ether oxygens (including phenoxy) is 2. The maximum absolute atomic E-state index is 5.84. The molecule has 0 aliphatic carbocycles. The van der Waals surface area contributed by atoms with Crippen LogP contribution >= 0.6 is 0 Å². The van der Waals surface area contributed by atoms with Crippen LogP contribution in [-0.4, -0.2) is 23.2 Å². The zero-order valence-corrected chi connectivity index (χ0v) is 12.1. The van der Waals surface area contributed by atoms with Gasteiger partial charge in [0.1, 0.15) is 0 Å². The second-order valence-electron chi connectivity index (χ2n) is 5.28. The van der Waals surface area contributed by atoms with Gasteiger partial charge in [-0.05, 0) is 24.3 Å². The lowest BCUT2D eigenvalue weighted by molar-refractivity contribution is 0.296. The van der Waals surface area contributed by atoms with Gasteiger partial charge in [-0.2, -0.15) is 0 Å². The Balaban J connectivity index is 1.56. The molecule has 0 amide bonds. The second-order valence-corrected chi connectivity index (χ2v) is 5.28. The number of benzene rings is 2. The average molecular weight is 295 g/mol. The second kappa shape index (κ2) is 5.60. The van der Waals surface area contributed by atoms with Crippen LogP contribution in [0.15, 0.2) is 42.7 Å². The summed E-state index contributed by atoms with van der Waals surface area (Å²) in [5.41, 5.74) is 4.13. The van der Waals surface area contributed by atoms with E-state index in [4.69, 9.17) is 9.47 Å². The monoisotopic (exact) mass is 295 g/mol. The van der Waals surface area contributed by atoms with Gasteiger partial charge in [0.05, 0.1) is 30.6 Å². The number of hydrogen-bond donors (Lipinski definition) is 2. The molecular weight excluding hydrogens is 278 g/mol. The molecule has 0 bridgehead atoms. The number of fused-ring (bicyclic) bond motifs is 2. The van der Waals surface area contributed by atoms with Gasteiger partial charge < -0.3 is 19.8 Å². The van der Waals surface area contributed by atoms with Crippen molar-refractivity contribution in [1.29, 1.82) is 0 Å². The number of nitrogens with zero attached hydrogens (tertiary/aromatic N) is 1. The van der Waals surface area contributed by atoms with Crippen molar-refractivity contribution >= 4 is 16.7 Å². The number of nitrogens with one attached hydrogen (secondary N) is 2. The minimum absolute atomic E-state index is 0.683. The van der Waals surface area contributed by atoms with Gasteiger partial charge in [0.2, 0.25) is 0 Å². The van der Waals surface area contributed by atoms with Gasteiger partial charge in [-0.3, -0.25) is 0 Å². The third kappa shape index (κ3) is 2.45. The average Bonchev–Trinajstić information content (AvgIpc) is 2.88. The quantitative estimate of drug-likeness (QED) is 0.778. The van der Waals surface area contributed by atoms with Crippen molar-refractivity contribution < 1.29 is 9.47 Å². The summed E-state index contributed by atoms with van der Waals surface area (Å²) in [6, 6.07) is 12.1. The first-order chi connectivity index (χ1) is 10.9. The van der Waals surface area contributed by atoms with Crippen molar-refractivity contribution in [3.05, 3.63) is 48.3 Å². The van der Waals surface area contributed by atoms with Gasteiger partial charge in [-0.1, -0.05) is 12.1 Å². The summed E-state index contributed by atoms with van der Waals surface area (Å²) in [5.74, 6) is 1.69.